The number of aliphatic hydroxyl groups is 1. The van der Waals surface area contributed by atoms with Gasteiger partial charge in [-0.2, -0.15) is 0 Å². The molecule has 0 aliphatic heterocycles. The molecule has 7 heteroatoms. The second-order valence-corrected chi connectivity index (χ2v) is 5.05. The number of nitro benzene ring substituents is 1. The Hall–Kier alpha value is -2.15. The zero-order valence-electron chi connectivity index (χ0n) is 11.5. The van der Waals surface area contributed by atoms with E-state index in [2.05, 4.69) is 0 Å². The molecular weight excluding hydrogens is 266 g/mol. The first-order valence-corrected chi connectivity index (χ1v) is 6.02. The van der Waals surface area contributed by atoms with Gasteiger partial charge in [-0.15, -0.1) is 0 Å². The van der Waals surface area contributed by atoms with Gasteiger partial charge in [0.15, 0.2) is 5.75 Å². The molecule has 0 amide bonds. The summed E-state index contributed by atoms with van der Waals surface area (Å²) < 4.78 is 5.26. The average Bonchev–Trinajstić information content (AvgIpc) is 2.35. The van der Waals surface area contributed by atoms with Gasteiger partial charge >= 0.3 is 11.7 Å². The maximum Gasteiger partial charge on any atom is 0.335 e. The summed E-state index contributed by atoms with van der Waals surface area (Å²) in [7, 11) is 0. The van der Waals surface area contributed by atoms with Gasteiger partial charge in [-0.3, -0.25) is 10.1 Å². The molecule has 7 nitrogen and oxygen atoms in total. The molecule has 0 saturated heterocycles. The van der Waals surface area contributed by atoms with Gasteiger partial charge in [0.25, 0.3) is 0 Å². The minimum Gasteiger partial charge on any atom is -0.484 e. The highest BCUT2D eigenvalue weighted by Crippen LogP contribution is 2.29. The second kappa shape index (κ2) is 5.87. The van der Waals surface area contributed by atoms with E-state index in [4.69, 9.17) is 9.84 Å². The van der Waals surface area contributed by atoms with E-state index in [0.717, 1.165) is 18.2 Å². The zero-order valence-corrected chi connectivity index (χ0v) is 11.5. The molecule has 110 valence electrons. The number of benzene rings is 1. The van der Waals surface area contributed by atoms with Crippen LogP contribution in [-0.4, -0.2) is 33.3 Å². The fourth-order valence-electron chi connectivity index (χ4n) is 1.30. The number of carboxylic acid groups (broad SMARTS) is 1. The smallest absolute Gasteiger partial charge is 0.335 e. The normalized spacial score (nSPS) is 13.8. The van der Waals surface area contributed by atoms with E-state index in [0.29, 0.717) is 0 Å². The predicted molar refractivity (Wildman–Crippen MR) is 71.0 cm³/mol. The third kappa shape index (κ3) is 3.67. The van der Waals surface area contributed by atoms with Crippen LogP contribution in [0.4, 0.5) is 5.69 Å². The molecular formula is C13H17NO6. The van der Waals surface area contributed by atoms with E-state index >= 15 is 0 Å². The largest absolute Gasteiger partial charge is 0.484 e. The first kappa shape index (κ1) is 15.9. The van der Waals surface area contributed by atoms with Crippen molar-refractivity contribution in [3.05, 3.63) is 33.9 Å². The standard InChI is InChI=1S/C13H17NO6/c1-8(2)13(3,17)7-20-11-6-9(12(15)16)4-5-10(11)14(18)19/h4-6,8,17H,7H2,1-3H3,(H,15,16). The van der Waals surface area contributed by atoms with Crippen LogP contribution in [0.15, 0.2) is 18.2 Å². The van der Waals surface area contributed by atoms with Crippen LogP contribution in [0.3, 0.4) is 0 Å². The summed E-state index contributed by atoms with van der Waals surface area (Å²) >= 11 is 0. The van der Waals surface area contributed by atoms with Crippen LogP contribution in [0.25, 0.3) is 0 Å². The maximum absolute atomic E-state index is 10.9. The van der Waals surface area contributed by atoms with Gasteiger partial charge in [-0.1, -0.05) is 13.8 Å². The monoisotopic (exact) mass is 283 g/mol. The van der Waals surface area contributed by atoms with E-state index in [1.54, 1.807) is 20.8 Å². The molecule has 0 heterocycles. The first-order valence-electron chi connectivity index (χ1n) is 6.02. The Balaban J connectivity index is 3.05. The summed E-state index contributed by atoms with van der Waals surface area (Å²) in [5, 5.41) is 29.8. The van der Waals surface area contributed by atoms with E-state index in [9.17, 15) is 20.0 Å². The molecule has 0 saturated carbocycles. The van der Waals surface area contributed by atoms with Crippen molar-refractivity contribution in [2.45, 2.75) is 26.4 Å². The summed E-state index contributed by atoms with van der Waals surface area (Å²) in [6, 6.07) is 3.29. The maximum atomic E-state index is 10.9. The number of rotatable bonds is 6. The van der Waals surface area contributed by atoms with Crippen molar-refractivity contribution in [1.82, 2.24) is 0 Å². The van der Waals surface area contributed by atoms with Crippen LogP contribution in [-0.2, 0) is 0 Å². The van der Waals surface area contributed by atoms with Crippen molar-refractivity contribution in [2.75, 3.05) is 6.61 Å². The molecule has 20 heavy (non-hydrogen) atoms. The quantitative estimate of drug-likeness (QED) is 0.611. The Kier molecular flexibility index (Phi) is 4.67. The van der Waals surface area contributed by atoms with E-state index in [1.165, 1.54) is 0 Å². The third-order valence-electron chi connectivity index (χ3n) is 3.17. The molecule has 0 aromatic heterocycles. The van der Waals surface area contributed by atoms with E-state index in [1.807, 2.05) is 0 Å². The van der Waals surface area contributed by atoms with Gasteiger partial charge in [-0.25, -0.2) is 4.79 Å². The van der Waals surface area contributed by atoms with Gasteiger partial charge in [-0.05, 0) is 18.9 Å². The average molecular weight is 283 g/mol. The molecule has 0 aliphatic rings. The van der Waals surface area contributed by atoms with Gasteiger partial charge in [0.1, 0.15) is 6.61 Å². The number of hydrogen-bond donors (Lipinski definition) is 2. The SMILES string of the molecule is CC(C)C(C)(O)COc1cc(C(=O)O)ccc1[N+](=O)[O-]. The van der Waals surface area contributed by atoms with Crippen LogP contribution >= 0.6 is 0 Å². The van der Waals surface area contributed by atoms with Crippen LogP contribution in [0.5, 0.6) is 5.75 Å². The molecule has 1 aromatic rings. The van der Waals surface area contributed by atoms with Crippen molar-refractivity contribution in [3.63, 3.8) is 0 Å². The fourth-order valence-corrected chi connectivity index (χ4v) is 1.30. The minimum absolute atomic E-state index is 0.116. The topological polar surface area (TPSA) is 110 Å². The molecule has 2 N–H and O–H groups in total. The van der Waals surface area contributed by atoms with Crippen molar-refractivity contribution >= 4 is 11.7 Å². The predicted octanol–water partition coefficient (Wildman–Crippen LogP) is 2.08. The fraction of sp³-hybridized carbons (Fsp3) is 0.462. The second-order valence-electron chi connectivity index (χ2n) is 5.05. The summed E-state index contributed by atoms with van der Waals surface area (Å²) in [5.41, 5.74) is -1.63. The van der Waals surface area contributed by atoms with Gasteiger partial charge in [0, 0.05) is 12.1 Å². The van der Waals surface area contributed by atoms with E-state index < -0.39 is 16.5 Å². The number of aromatic carboxylic acids is 1. The number of hydrogen-bond acceptors (Lipinski definition) is 5. The Labute approximate surface area is 116 Å². The molecule has 0 bridgehead atoms. The molecule has 1 unspecified atom stereocenters. The minimum atomic E-state index is -1.21. The number of carboxylic acids is 1. The Morgan fingerprint density at radius 1 is 1.50 bits per heavy atom. The van der Waals surface area contributed by atoms with Gasteiger partial charge in [0.2, 0.25) is 0 Å². The highest BCUT2D eigenvalue weighted by atomic mass is 16.6. The summed E-state index contributed by atoms with van der Waals surface area (Å²) in [4.78, 5) is 21.1. The summed E-state index contributed by atoms with van der Waals surface area (Å²) in [6.45, 7) is 4.94. The Morgan fingerprint density at radius 2 is 2.10 bits per heavy atom. The Bertz CT molecular complexity index is 524. The van der Waals surface area contributed by atoms with Crippen molar-refractivity contribution in [2.24, 2.45) is 5.92 Å². The lowest BCUT2D eigenvalue weighted by atomic mass is 9.94. The zero-order chi connectivity index (χ0) is 15.5. The Morgan fingerprint density at radius 3 is 2.55 bits per heavy atom. The molecule has 1 aromatic carbocycles. The molecule has 0 spiro atoms. The molecule has 1 atom stereocenters. The molecule has 1 rings (SSSR count). The first-order chi connectivity index (χ1) is 9.15. The highest BCUT2D eigenvalue weighted by molar-refractivity contribution is 5.88. The van der Waals surface area contributed by atoms with Gasteiger partial charge in [0.05, 0.1) is 16.1 Å². The van der Waals surface area contributed by atoms with Crippen LogP contribution in [0.2, 0.25) is 0 Å². The molecule has 0 radical (unpaired) electrons. The van der Waals surface area contributed by atoms with Crippen LogP contribution in [0.1, 0.15) is 31.1 Å². The summed E-state index contributed by atoms with van der Waals surface area (Å²) in [6.07, 6.45) is 0. The van der Waals surface area contributed by atoms with Crippen LogP contribution < -0.4 is 4.74 Å². The number of nitro groups is 1. The van der Waals surface area contributed by atoms with Crippen LogP contribution in [0, 0.1) is 16.0 Å². The lowest BCUT2D eigenvalue weighted by Crippen LogP contribution is -2.37. The number of carbonyl (C=O) groups is 1. The van der Waals surface area contributed by atoms with Crippen molar-refractivity contribution in [1.29, 1.82) is 0 Å². The van der Waals surface area contributed by atoms with Gasteiger partial charge < -0.3 is 14.9 Å². The lowest BCUT2D eigenvalue weighted by Gasteiger charge is -2.27. The summed E-state index contributed by atoms with van der Waals surface area (Å²) in [5.74, 6) is -1.50. The third-order valence-corrected chi connectivity index (χ3v) is 3.17. The lowest BCUT2D eigenvalue weighted by molar-refractivity contribution is -0.386. The van der Waals surface area contributed by atoms with Crippen molar-refractivity contribution in [3.8, 4) is 5.75 Å². The molecule has 0 fully saturated rings. The van der Waals surface area contributed by atoms with E-state index in [-0.39, 0.29) is 29.5 Å². The highest BCUT2D eigenvalue weighted by Gasteiger charge is 2.27. The van der Waals surface area contributed by atoms with Crippen molar-refractivity contribution < 1.29 is 24.7 Å². The number of nitrogens with zero attached hydrogens (tertiary/aromatic N) is 1. The molecule has 0 aliphatic carbocycles. The number of ether oxygens (including phenoxy) is 1.